The van der Waals surface area contributed by atoms with Crippen molar-refractivity contribution >= 4 is 39.3 Å². The highest BCUT2D eigenvalue weighted by atomic mass is 32.2. The lowest BCUT2D eigenvalue weighted by molar-refractivity contribution is -0.123. The van der Waals surface area contributed by atoms with Crippen molar-refractivity contribution in [2.45, 2.75) is 36.5 Å². The lowest BCUT2D eigenvalue weighted by Gasteiger charge is -2.35. The van der Waals surface area contributed by atoms with Gasteiger partial charge in [0.05, 0.1) is 29.5 Å². The highest BCUT2D eigenvalue weighted by molar-refractivity contribution is 8.00. The summed E-state index contributed by atoms with van der Waals surface area (Å²) in [7, 11) is -3.70. The van der Waals surface area contributed by atoms with Crippen molar-refractivity contribution < 1.29 is 22.7 Å². The monoisotopic (exact) mass is 524 g/mol. The Hall–Kier alpha value is -1.66. The number of hydrogen-bond acceptors (Lipinski definition) is 7. The zero-order chi connectivity index (χ0) is 25.0. The van der Waals surface area contributed by atoms with Crippen LogP contribution in [-0.2, 0) is 24.3 Å². The number of piperidine rings is 1. The summed E-state index contributed by atoms with van der Waals surface area (Å²) in [6.07, 6.45) is 2.12. The first-order valence-electron chi connectivity index (χ1n) is 12.4. The van der Waals surface area contributed by atoms with Crippen LogP contribution in [0.2, 0.25) is 0 Å². The molecule has 1 aromatic rings. The summed E-state index contributed by atoms with van der Waals surface area (Å²) in [4.78, 5) is 30.2. The maximum atomic E-state index is 13.1. The van der Waals surface area contributed by atoms with Crippen LogP contribution in [0.25, 0.3) is 0 Å². The lowest BCUT2D eigenvalue weighted by atomic mass is 9.92. The number of morpholine rings is 1. The standard InChI is InChI=1S/C24H36N4O5S2/c1-18-12-19(2)15-26(14-18)7-3-6-25-23(29)16-28-21-13-20(4-5-22(21)34-17-24(28)30)35(31,32)27-8-10-33-11-9-27/h4-5,13,18-19H,3,6-12,14-17H2,1-2H3,(H,25,29)/t18-,19-/m1/s1. The quantitative estimate of drug-likeness (QED) is 0.516. The number of benzene rings is 1. The molecule has 11 heteroatoms. The van der Waals surface area contributed by atoms with Gasteiger partial charge in [0.2, 0.25) is 21.8 Å². The zero-order valence-electron chi connectivity index (χ0n) is 20.6. The van der Waals surface area contributed by atoms with Gasteiger partial charge in [0.1, 0.15) is 6.54 Å². The van der Waals surface area contributed by atoms with Gasteiger partial charge >= 0.3 is 0 Å². The second-order valence-corrected chi connectivity index (χ2v) is 12.8. The molecule has 0 aromatic heterocycles. The van der Waals surface area contributed by atoms with E-state index in [-0.39, 0.29) is 29.0 Å². The van der Waals surface area contributed by atoms with E-state index in [0.717, 1.165) is 31.0 Å². The highest BCUT2D eigenvalue weighted by Crippen LogP contribution is 2.37. The number of ether oxygens (including phenoxy) is 1. The van der Waals surface area contributed by atoms with Crippen LogP contribution >= 0.6 is 11.8 Å². The predicted octanol–water partition coefficient (Wildman–Crippen LogP) is 1.63. The van der Waals surface area contributed by atoms with Crippen molar-refractivity contribution in [3.05, 3.63) is 18.2 Å². The Kier molecular flexibility index (Phi) is 8.75. The van der Waals surface area contributed by atoms with Crippen molar-refractivity contribution in [1.82, 2.24) is 14.5 Å². The molecule has 35 heavy (non-hydrogen) atoms. The van der Waals surface area contributed by atoms with E-state index in [9.17, 15) is 18.0 Å². The molecule has 9 nitrogen and oxygen atoms in total. The third-order valence-corrected chi connectivity index (χ3v) is 9.64. The SMILES string of the molecule is C[C@@H]1C[C@@H](C)CN(CCCNC(=O)CN2C(=O)CSc3ccc(S(=O)(=O)N4CCOCC4)cc32)C1. The Morgan fingerprint density at radius 3 is 2.60 bits per heavy atom. The topological polar surface area (TPSA) is 99.3 Å². The van der Waals surface area contributed by atoms with Crippen LogP contribution in [0.4, 0.5) is 5.69 Å². The van der Waals surface area contributed by atoms with Crippen LogP contribution in [0.1, 0.15) is 26.7 Å². The maximum Gasteiger partial charge on any atom is 0.243 e. The molecule has 4 rings (SSSR count). The van der Waals surface area contributed by atoms with Crippen molar-refractivity contribution in [2.75, 3.05) is 69.7 Å². The van der Waals surface area contributed by atoms with Crippen LogP contribution in [0, 0.1) is 11.8 Å². The normalized spacial score (nSPS) is 24.3. The van der Waals surface area contributed by atoms with Crippen LogP contribution in [0.3, 0.4) is 0 Å². The van der Waals surface area contributed by atoms with E-state index in [1.54, 1.807) is 12.1 Å². The van der Waals surface area contributed by atoms with Gasteiger partial charge in [-0.2, -0.15) is 4.31 Å². The summed E-state index contributed by atoms with van der Waals surface area (Å²) in [6.45, 7) is 9.47. The molecule has 1 N–H and O–H groups in total. The van der Waals surface area contributed by atoms with Crippen molar-refractivity contribution in [1.29, 1.82) is 0 Å². The number of sulfonamides is 1. The minimum atomic E-state index is -3.70. The summed E-state index contributed by atoms with van der Waals surface area (Å²) >= 11 is 1.36. The molecular formula is C24H36N4O5S2. The number of rotatable bonds is 8. The first-order chi connectivity index (χ1) is 16.7. The molecule has 0 radical (unpaired) electrons. The molecule has 0 bridgehead atoms. The fraction of sp³-hybridized carbons (Fsp3) is 0.667. The summed E-state index contributed by atoms with van der Waals surface area (Å²) in [5.41, 5.74) is 0.479. The second-order valence-electron chi connectivity index (χ2n) is 9.82. The zero-order valence-corrected chi connectivity index (χ0v) is 22.2. The number of nitrogens with zero attached hydrogens (tertiary/aromatic N) is 3. The largest absolute Gasteiger partial charge is 0.379 e. The molecular weight excluding hydrogens is 488 g/mol. The Bertz CT molecular complexity index is 1020. The maximum absolute atomic E-state index is 13.1. The van der Waals surface area contributed by atoms with Crippen LogP contribution in [0.5, 0.6) is 0 Å². The second kappa shape index (κ2) is 11.6. The van der Waals surface area contributed by atoms with E-state index in [4.69, 9.17) is 4.74 Å². The fourth-order valence-corrected chi connectivity index (χ4v) is 7.50. The number of hydrogen-bond donors (Lipinski definition) is 1. The van der Waals surface area contributed by atoms with E-state index < -0.39 is 10.0 Å². The van der Waals surface area contributed by atoms with Gasteiger partial charge in [-0.3, -0.25) is 9.59 Å². The van der Waals surface area contributed by atoms with E-state index in [1.165, 1.54) is 33.5 Å². The Morgan fingerprint density at radius 1 is 1.17 bits per heavy atom. The Balaban J connectivity index is 1.36. The molecule has 3 heterocycles. The van der Waals surface area contributed by atoms with Crippen LogP contribution in [-0.4, -0.2) is 94.2 Å². The molecule has 2 fully saturated rings. The van der Waals surface area contributed by atoms with Gasteiger partial charge in [0, 0.05) is 37.6 Å². The molecule has 2 saturated heterocycles. The van der Waals surface area contributed by atoms with Crippen LogP contribution < -0.4 is 10.2 Å². The number of likely N-dealkylation sites (tertiary alicyclic amines) is 1. The first-order valence-corrected chi connectivity index (χ1v) is 14.8. The lowest BCUT2D eigenvalue weighted by Crippen LogP contribution is -2.44. The van der Waals surface area contributed by atoms with Gasteiger partial charge in [-0.1, -0.05) is 13.8 Å². The highest BCUT2D eigenvalue weighted by Gasteiger charge is 2.31. The average molecular weight is 525 g/mol. The molecule has 2 amide bonds. The summed E-state index contributed by atoms with van der Waals surface area (Å²) in [6, 6.07) is 4.83. The third kappa shape index (κ3) is 6.56. The molecule has 0 aliphatic carbocycles. The van der Waals surface area contributed by atoms with Gasteiger partial charge in [-0.05, 0) is 49.4 Å². The molecule has 2 atom stereocenters. The fourth-order valence-electron chi connectivity index (χ4n) is 5.16. The minimum Gasteiger partial charge on any atom is -0.379 e. The Morgan fingerprint density at radius 2 is 1.89 bits per heavy atom. The van der Waals surface area contributed by atoms with Gasteiger partial charge in [-0.25, -0.2) is 8.42 Å². The van der Waals surface area contributed by atoms with Gasteiger partial charge in [-0.15, -0.1) is 11.8 Å². The molecule has 0 saturated carbocycles. The molecule has 3 aliphatic rings. The molecule has 3 aliphatic heterocycles. The third-order valence-electron chi connectivity index (χ3n) is 6.70. The molecule has 1 aromatic carbocycles. The van der Waals surface area contributed by atoms with Crippen molar-refractivity contribution in [2.24, 2.45) is 11.8 Å². The van der Waals surface area contributed by atoms with Gasteiger partial charge in [0.25, 0.3) is 0 Å². The van der Waals surface area contributed by atoms with Crippen LogP contribution in [0.15, 0.2) is 28.0 Å². The molecule has 0 unspecified atom stereocenters. The molecule has 194 valence electrons. The minimum absolute atomic E-state index is 0.120. The van der Waals surface area contributed by atoms with Crippen molar-refractivity contribution in [3.8, 4) is 0 Å². The van der Waals surface area contributed by atoms with E-state index >= 15 is 0 Å². The number of thioether (sulfide) groups is 1. The van der Waals surface area contributed by atoms with E-state index in [2.05, 4.69) is 24.1 Å². The molecule has 0 spiro atoms. The predicted molar refractivity (Wildman–Crippen MR) is 136 cm³/mol. The first kappa shape index (κ1) is 26.4. The van der Waals surface area contributed by atoms with E-state index in [0.29, 0.717) is 50.4 Å². The number of amides is 2. The summed E-state index contributed by atoms with van der Waals surface area (Å²) < 4.78 is 32.9. The summed E-state index contributed by atoms with van der Waals surface area (Å²) in [5.74, 6) is 1.19. The number of fused-ring (bicyclic) bond motifs is 1. The van der Waals surface area contributed by atoms with Gasteiger partial charge in [0.15, 0.2) is 0 Å². The average Bonchev–Trinajstić information content (AvgIpc) is 2.83. The number of carbonyl (C=O) groups is 2. The smallest absolute Gasteiger partial charge is 0.243 e. The Labute approximate surface area is 212 Å². The van der Waals surface area contributed by atoms with Crippen molar-refractivity contribution in [3.63, 3.8) is 0 Å². The number of carbonyl (C=O) groups excluding carboxylic acids is 2. The number of anilines is 1. The van der Waals surface area contributed by atoms with E-state index in [1.807, 2.05) is 0 Å². The van der Waals surface area contributed by atoms with Gasteiger partial charge < -0.3 is 19.9 Å². The number of nitrogens with one attached hydrogen (secondary N) is 1. The summed E-state index contributed by atoms with van der Waals surface area (Å²) in [5, 5.41) is 2.93.